The number of fused-ring (bicyclic) bond motifs is 2. The average molecular weight is 211 g/mol. The normalized spacial score (nSPS) is 42.9. The van der Waals surface area contributed by atoms with Crippen molar-refractivity contribution in [3.05, 3.63) is 0 Å². The van der Waals surface area contributed by atoms with Crippen molar-refractivity contribution in [1.82, 2.24) is 5.32 Å². The first-order chi connectivity index (χ1) is 7.06. The van der Waals surface area contributed by atoms with Crippen molar-refractivity contribution < 1.29 is 14.7 Å². The maximum atomic E-state index is 11.7. The van der Waals surface area contributed by atoms with Crippen LogP contribution in [0.5, 0.6) is 0 Å². The molecule has 15 heavy (non-hydrogen) atoms. The summed E-state index contributed by atoms with van der Waals surface area (Å²) in [5.41, 5.74) is 0. The molecule has 2 saturated carbocycles. The first-order valence-electron chi connectivity index (χ1n) is 5.50. The molecule has 0 radical (unpaired) electrons. The van der Waals surface area contributed by atoms with Crippen LogP contribution in [0.15, 0.2) is 0 Å². The van der Waals surface area contributed by atoms with Gasteiger partial charge in [-0.05, 0) is 30.6 Å². The molecule has 0 saturated heterocycles. The molecule has 84 valence electrons. The second-order valence-corrected chi connectivity index (χ2v) is 4.88. The Balaban J connectivity index is 2.24. The van der Waals surface area contributed by atoms with Crippen LogP contribution in [0.2, 0.25) is 0 Å². The Kier molecular flexibility index (Phi) is 2.44. The predicted octanol–water partition coefficient (Wildman–Crippen LogP) is 0.725. The van der Waals surface area contributed by atoms with Gasteiger partial charge < -0.3 is 10.4 Å². The smallest absolute Gasteiger partial charge is 0.307 e. The maximum absolute atomic E-state index is 11.7. The van der Waals surface area contributed by atoms with E-state index < -0.39 is 11.9 Å². The molecule has 0 aliphatic heterocycles. The number of hydrogen-bond acceptors (Lipinski definition) is 2. The van der Waals surface area contributed by atoms with Gasteiger partial charge in [0.15, 0.2) is 0 Å². The van der Waals surface area contributed by atoms with E-state index in [2.05, 4.69) is 12.2 Å². The second-order valence-electron chi connectivity index (χ2n) is 4.88. The van der Waals surface area contributed by atoms with Crippen LogP contribution in [-0.2, 0) is 9.59 Å². The number of aliphatic carboxylic acids is 1. The third kappa shape index (κ3) is 1.43. The van der Waals surface area contributed by atoms with Crippen LogP contribution in [0.25, 0.3) is 0 Å². The maximum Gasteiger partial charge on any atom is 0.307 e. The molecular formula is C11H17NO3. The fraction of sp³-hybridized carbons (Fsp3) is 0.818. The highest BCUT2D eigenvalue weighted by Gasteiger charge is 2.56. The van der Waals surface area contributed by atoms with Gasteiger partial charge in [-0.15, -0.1) is 0 Å². The van der Waals surface area contributed by atoms with Crippen LogP contribution in [0.4, 0.5) is 0 Å². The molecule has 0 aromatic heterocycles. The lowest BCUT2D eigenvalue weighted by Crippen LogP contribution is -2.41. The van der Waals surface area contributed by atoms with Gasteiger partial charge in [0, 0.05) is 7.05 Å². The molecule has 2 aliphatic carbocycles. The first kappa shape index (κ1) is 10.5. The van der Waals surface area contributed by atoms with Crippen LogP contribution in [0.1, 0.15) is 19.8 Å². The van der Waals surface area contributed by atoms with Gasteiger partial charge in [0.25, 0.3) is 0 Å². The van der Waals surface area contributed by atoms with Crippen LogP contribution in [-0.4, -0.2) is 24.0 Å². The Morgan fingerprint density at radius 3 is 2.47 bits per heavy atom. The quantitative estimate of drug-likeness (QED) is 0.707. The number of carbonyl (C=O) groups excluding carboxylic acids is 1. The van der Waals surface area contributed by atoms with Crippen LogP contribution >= 0.6 is 0 Å². The minimum Gasteiger partial charge on any atom is -0.481 e. The number of hydrogen-bond donors (Lipinski definition) is 2. The molecule has 0 aromatic rings. The fourth-order valence-corrected chi connectivity index (χ4v) is 3.56. The molecule has 5 unspecified atom stereocenters. The van der Waals surface area contributed by atoms with E-state index in [1.807, 2.05) is 0 Å². The molecule has 1 amide bonds. The summed E-state index contributed by atoms with van der Waals surface area (Å²) >= 11 is 0. The summed E-state index contributed by atoms with van der Waals surface area (Å²) in [5.74, 6) is -0.713. The fourth-order valence-electron chi connectivity index (χ4n) is 3.56. The summed E-state index contributed by atoms with van der Waals surface area (Å²) in [5, 5.41) is 11.8. The monoisotopic (exact) mass is 211 g/mol. The summed E-state index contributed by atoms with van der Waals surface area (Å²) in [6, 6.07) is 0. The molecule has 0 aromatic carbocycles. The molecule has 0 spiro atoms. The molecule has 2 bridgehead atoms. The van der Waals surface area contributed by atoms with Gasteiger partial charge in [0.2, 0.25) is 5.91 Å². The zero-order chi connectivity index (χ0) is 11.2. The van der Waals surface area contributed by atoms with Crippen molar-refractivity contribution in [1.29, 1.82) is 0 Å². The highest BCUT2D eigenvalue weighted by atomic mass is 16.4. The van der Waals surface area contributed by atoms with Crippen molar-refractivity contribution in [2.45, 2.75) is 19.8 Å². The van der Waals surface area contributed by atoms with Crippen molar-refractivity contribution >= 4 is 11.9 Å². The largest absolute Gasteiger partial charge is 0.481 e. The molecule has 2 fully saturated rings. The summed E-state index contributed by atoms with van der Waals surface area (Å²) in [7, 11) is 1.58. The highest BCUT2D eigenvalue weighted by Crippen LogP contribution is 2.55. The molecule has 2 aliphatic rings. The summed E-state index contributed by atoms with van der Waals surface area (Å²) in [6.45, 7) is 2.10. The molecule has 4 heteroatoms. The topological polar surface area (TPSA) is 66.4 Å². The first-order valence-corrected chi connectivity index (χ1v) is 5.50. The van der Waals surface area contributed by atoms with Crippen LogP contribution in [0.3, 0.4) is 0 Å². The van der Waals surface area contributed by atoms with E-state index in [9.17, 15) is 14.7 Å². The van der Waals surface area contributed by atoms with Gasteiger partial charge in [-0.3, -0.25) is 9.59 Å². The van der Waals surface area contributed by atoms with Crippen LogP contribution in [0, 0.1) is 29.6 Å². The zero-order valence-corrected chi connectivity index (χ0v) is 9.06. The minimum absolute atomic E-state index is 0.0956. The number of carboxylic acids is 1. The van der Waals surface area contributed by atoms with Gasteiger partial charge >= 0.3 is 5.97 Å². The van der Waals surface area contributed by atoms with E-state index in [1.54, 1.807) is 7.05 Å². The summed E-state index contributed by atoms with van der Waals surface area (Å²) in [4.78, 5) is 22.8. The molecule has 2 N–H and O–H groups in total. The third-order valence-corrected chi connectivity index (χ3v) is 4.17. The van der Waals surface area contributed by atoms with Gasteiger partial charge in [0.05, 0.1) is 11.8 Å². The van der Waals surface area contributed by atoms with E-state index in [0.717, 1.165) is 12.8 Å². The number of rotatable bonds is 2. The second kappa shape index (κ2) is 3.51. The molecule has 0 heterocycles. The van der Waals surface area contributed by atoms with E-state index in [-0.39, 0.29) is 23.7 Å². The summed E-state index contributed by atoms with van der Waals surface area (Å²) in [6.07, 6.45) is 1.92. The lowest BCUT2D eigenvalue weighted by molar-refractivity contribution is -0.150. The molecule has 2 rings (SSSR count). The number of nitrogens with one attached hydrogen (secondary N) is 1. The minimum atomic E-state index is -0.803. The molecular weight excluding hydrogens is 194 g/mol. The predicted molar refractivity (Wildman–Crippen MR) is 54.1 cm³/mol. The Bertz CT molecular complexity index is 302. The van der Waals surface area contributed by atoms with Crippen molar-refractivity contribution in [3.8, 4) is 0 Å². The van der Waals surface area contributed by atoms with Gasteiger partial charge in [-0.25, -0.2) is 0 Å². The molecule has 4 nitrogen and oxygen atoms in total. The zero-order valence-electron chi connectivity index (χ0n) is 9.06. The van der Waals surface area contributed by atoms with E-state index in [0.29, 0.717) is 5.92 Å². The van der Waals surface area contributed by atoms with Crippen molar-refractivity contribution in [2.75, 3.05) is 7.05 Å². The van der Waals surface area contributed by atoms with E-state index in [1.165, 1.54) is 0 Å². The lowest BCUT2D eigenvalue weighted by Gasteiger charge is -2.30. The Labute approximate surface area is 89.0 Å². The van der Waals surface area contributed by atoms with Crippen LogP contribution < -0.4 is 5.32 Å². The Morgan fingerprint density at radius 2 is 1.93 bits per heavy atom. The lowest BCUT2D eigenvalue weighted by atomic mass is 9.74. The van der Waals surface area contributed by atoms with Gasteiger partial charge in [0.1, 0.15) is 0 Å². The Hall–Kier alpha value is -1.06. The Morgan fingerprint density at radius 1 is 1.27 bits per heavy atom. The van der Waals surface area contributed by atoms with E-state index in [4.69, 9.17) is 0 Å². The number of amides is 1. The molecule has 5 atom stereocenters. The van der Waals surface area contributed by atoms with E-state index >= 15 is 0 Å². The van der Waals surface area contributed by atoms with Crippen molar-refractivity contribution in [3.63, 3.8) is 0 Å². The third-order valence-electron chi connectivity index (χ3n) is 4.17. The van der Waals surface area contributed by atoms with Gasteiger partial charge in [-0.2, -0.15) is 0 Å². The van der Waals surface area contributed by atoms with Crippen molar-refractivity contribution in [2.24, 2.45) is 29.6 Å². The number of carbonyl (C=O) groups is 2. The average Bonchev–Trinajstić information content (AvgIpc) is 2.71. The summed E-state index contributed by atoms with van der Waals surface area (Å²) < 4.78 is 0. The number of carboxylic acid groups (broad SMARTS) is 1. The highest BCUT2D eigenvalue weighted by molar-refractivity contribution is 5.86. The standard InChI is InChI=1S/C11H17NO3/c1-5-3-6-4-7(5)9(11(14)15)8(6)10(13)12-2/h5-9H,3-4H2,1-2H3,(H,12,13)(H,14,15). The van der Waals surface area contributed by atoms with Gasteiger partial charge in [-0.1, -0.05) is 6.92 Å². The SMILES string of the molecule is CNC(=O)C1C2CC(C)C(C2)C1C(=O)O.